The number of halogens is 1. The minimum absolute atomic E-state index is 0. The number of rotatable bonds is 10. The number of aryl methyl sites for hydroxylation is 2. The highest BCUT2D eigenvalue weighted by Gasteiger charge is 2.06. The van der Waals surface area contributed by atoms with Crippen LogP contribution in [-0.2, 0) is 20.1 Å². The van der Waals surface area contributed by atoms with E-state index in [0.29, 0.717) is 13.1 Å². The van der Waals surface area contributed by atoms with E-state index in [1.807, 2.05) is 18.5 Å². The summed E-state index contributed by atoms with van der Waals surface area (Å²) in [6.45, 7) is 8.99. The largest absolute Gasteiger partial charge is 0.493 e. The van der Waals surface area contributed by atoms with Gasteiger partial charge in [0.25, 0.3) is 0 Å². The maximum Gasteiger partial charge on any atom is 0.191 e. The van der Waals surface area contributed by atoms with Gasteiger partial charge in [-0.15, -0.1) is 34.2 Å². The van der Waals surface area contributed by atoms with Crippen LogP contribution in [0.2, 0.25) is 0 Å². The van der Waals surface area contributed by atoms with Crippen molar-refractivity contribution in [1.29, 1.82) is 0 Å². The van der Waals surface area contributed by atoms with Crippen LogP contribution in [0.4, 0.5) is 0 Å². The van der Waals surface area contributed by atoms with E-state index in [4.69, 9.17) is 9.73 Å². The van der Waals surface area contributed by atoms with E-state index in [9.17, 15) is 0 Å². The summed E-state index contributed by atoms with van der Waals surface area (Å²) in [5, 5.41) is 14.5. The summed E-state index contributed by atoms with van der Waals surface area (Å²) in [7, 11) is 1.93. The van der Waals surface area contributed by atoms with Crippen molar-refractivity contribution in [3.8, 4) is 5.75 Å². The van der Waals surface area contributed by atoms with Crippen LogP contribution in [-0.4, -0.2) is 33.9 Å². The highest BCUT2D eigenvalue weighted by molar-refractivity contribution is 14.0. The summed E-state index contributed by atoms with van der Waals surface area (Å²) >= 11 is 0. The highest BCUT2D eigenvalue weighted by atomic mass is 127. The molecule has 8 heteroatoms. The maximum absolute atomic E-state index is 6.02. The number of nitrogens with zero attached hydrogens (tertiary/aromatic N) is 4. The molecule has 0 unspecified atom stereocenters. The first-order valence-electron chi connectivity index (χ1n) is 9.71. The van der Waals surface area contributed by atoms with Gasteiger partial charge in [0.1, 0.15) is 12.1 Å². The van der Waals surface area contributed by atoms with Crippen molar-refractivity contribution in [2.45, 2.75) is 53.1 Å². The second-order valence-electron chi connectivity index (χ2n) is 6.57. The Morgan fingerprint density at radius 1 is 1.21 bits per heavy atom. The number of ether oxygens (including phenoxy) is 1. The molecule has 0 spiro atoms. The molecule has 0 atom stereocenters. The van der Waals surface area contributed by atoms with Crippen LogP contribution in [0.25, 0.3) is 0 Å². The zero-order valence-corrected chi connectivity index (χ0v) is 19.7. The van der Waals surface area contributed by atoms with Gasteiger partial charge in [0, 0.05) is 19.2 Å². The van der Waals surface area contributed by atoms with Crippen LogP contribution < -0.4 is 15.4 Å². The predicted molar refractivity (Wildman–Crippen MR) is 124 cm³/mol. The molecule has 156 valence electrons. The normalized spacial score (nSPS) is 11.1. The SMILES string of the molecule is CCCCCOc1cc(C)ccc1CN=C(NCC)NCc1nncn1C.I. The molecule has 2 aromatic rings. The zero-order valence-electron chi connectivity index (χ0n) is 17.4. The summed E-state index contributed by atoms with van der Waals surface area (Å²) in [5.74, 6) is 2.54. The lowest BCUT2D eigenvalue weighted by atomic mass is 10.1. The molecule has 0 aliphatic heterocycles. The Labute approximate surface area is 185 Å². The van der Waals surface area contributed by atoms with Crippen molar-refractivity contribution in [1.82, 2.24) is 25.4 Å². The summed E-state index contributed by atoms with van der Waals surface area (Å²) in [5.41, 5.74) is 2.29. The van der Waals surface area contributed by atoms with Crippen LogP contribution in [0.15, 0.2) is 29.5 Å². The number of hydrogen-bond donors (Lipinski definition) is 2. The lowest BCUT2D eigenvalue weighted by Crippen LogP contribution is -2.37. The molecule has 0 aliphatic rings. The summed E-state index contributed by atoms with van der Waals surface area (Å²) < 4.78 is 7.90. The molecule has 0 saturated heterocycles. The number of hydrogen-bond acceptors (Lipinski definition) is 4. The van der Waals surface area contributed by atoms with Crippen molar-refractivity contribution in [2.24, 2.45) is 12.0 Å². The molecule has 0 bridgehead atoms. The molecule has 7 nitrogen and oxygen atoms in total. The van der Waals surface area contributed by atoms with Crippen molar-refractivity contribution in [2.75, 3.05) is 13.2 Å². The number of guanidine groups is 1. The molecular formula is C20H33IN6O. The third-order valence-electron chi connectivity index (χ3n) is 4.20. The Hall–Kier alpha value is -1.84. The molecule has 0 radical (unpaired) electrons. The monoisotopic (exact) mass is 500 g/mol. The molecular weight excluding hydrogens is 467 g/mol. The molecule has 28 heavy (non-hydrogen) atoms. The lowest BCUT2D eigenvalue weighted by molar-refractivity contribution is 0.303. The van der Waals surface area contributed by atoms with Crippen LogP contribution >= 0.6 is 24.0 Å². The van der Waals surface area contributed by atoms with Gasteiger partial charge < -0.3 is 19.9 Å². The van der Waals surface area contributed by atoms with Gasteiger partial charge in [0.2, 0.25) is 0 Å². The van der Waals surface area contributed by atoms with Crippen LogP contribution in [0, 0.1) is 6.92 Å². The van der Waals surface area contributed by atoms with Gasteiger partial charge in [-0.05, 0) is 31.9 Å². The minimum Gasteiger partial charge on any atom is -0.493 e. The standard InChI is InChI=1S/C20H32N6O.HI/c1-5-7-8-11-27-18-12-16(3)9-10-17(18)13-22-20(21-6-2)23-14-19-25-24-15-26(19)4;/h9-10,12,15H,5-8,11,13-14H2,1-4H3,(H2,21,22,23);1H. The van der Waals surface area contributed by atoms with E-state index in [2.05, 4.69) is 52.9 Å². The third-order valence-corrected chi connectivity index (χ3v) is 4.20. The van der Waals surface area contributed by atoms with Crippen molar-refractivity contribution in [3.05, 3.63) is 41.5 Å². The fraction of sp³-hybridized carbons (Fsp3) is 0.550. The minimum atomic E-state index is 0. The topological polar surface area (TPSA) is 76.4 Å². The third kappa shape index (κ3) is 8.04. The van der Waals surface area contributed by atoms with E-state index in [1.54, 1.807) is 6.33 Å². The second-order valence-corrected chi connectivity index (χ2v) is 6.57. The molecule has 1 aromatic carbocycles. The summed E-state index contributed by atoms with van der Waals surface area (Å²) in [6.07, 6.45) is 5.15. The average Bonchev–Trinajstić information content (AvgIpc) is 3.07. The Morgan fingerprint density at radius 2 is 2.04 bits per heavy atom. The first kappa shape index (κ1) is 24.2. The highest BCUT2D eigenvalue weighted by Crippen LogP contribution is 2.21. The van der Waals surface area contributed by atoms with Gasteiger partial charge in [-0.2, -0.15) is 0 Å². The van der Waals surface area contributed by atoms with E-state index in [1.165, 1.54) is 18.4 Å². The Morgan fingerprint density at radius 3 is 2.71 bits per heavy atom. The van der Waals surface area contributed by atoms with Crippen LogP contribution in [0.1, 0.15) is 50.1 Å². The number of nitrogens with one attached hydrogen (secondary N) is 2. The van der Waals surface area contributed by atoms with Crippen LogP contribution in [0.3, 0.4) is 0 Å². The Bertz CT molecular complexity index is 731. The fourth-order valence-corrected chi connectivity index (χ4v) is 2.60. The quantitative estimate of drug-likeness (QED) is 0.226. The first-order valence-corrected chi connectivity index (χ1v) is 9.71. The molecule has 2 N–H and O–H groups in total. The summed E-state index contributed by atoms with van der Waals surface area (Å²) in [6, 6.07) is 6.29. The van der Waals surface area contributed by atoms with Gasteiger partial charge in [-0.1, -0.05) is 31.9 Å². The van der Waals surface area contributed by atoms with Gasteiger partial charge in [-0.25, -0.2) is 4.99 Å². The van der Waals surface area contributed by atoms with Crippen molar-refractivity contribution >= 4 is 29.9 Å². The number of aliphatic imine (C=N–C) groups is 1. The van der Waals surface area contributed by atoms with Gasteiger partial charge in [0.05, 0.1) is 19.7 Å². The van der Waals surface area contributed by atoms with Crippen LogP contribution in [0.5, 0.6) is 5.75 Å². The molecule has 0 aliphatic carbocycles. The van der Waals surface area contributed by atoms with Gasteiger partial charge >= 0.3 is 0 Å². The number of benzene rings is 1. The molecule has 2 rings (SSSR count). The summed E-state index contributed by atoms with van der Waals surface area (Å²) in [4.78, 5) is 4.70. The van der Waals surface area contributed by atoms with E-state index >= 15 is 0 Å². The lowest BCUT2D eigenvalue weighted by Gasteiger charge is -2.13. The van der Waals surface area contributed by atoms with Crippen molar-refractivity contribution in [3.63, 3.8) is 0 Å². The first-order chi connectivity index (χ1) is 13.1. The molecule has 0 fully saturated rings. The molecule has 1 aromatic heterocycles. The predicted octanol–water partition coefficient (Wildman–Crippen LogP) is 3.57. The molecule has 0 amide bonds. The molecule has 1 heterocycles. The number of unbranched alkanes of at least 4 members (excludes halogenated alkanes) is 2. The van der Waals surface area contributed by atoms with Gasteiger partial charge in [0.15, 0.2) is 11.8 Å². The maximum atomic E-state index is 6.02. The smallest absolute Gasteiger partial charge is 0.191 e. The zero-order chi connectivity index (χ0) is 19.5. The van der Waals surface area contributed by atoms with E-state index in [0.717, 1.165) is 42.7 Å². The second kappa shape index (κ2) is 13.4. The number of aromatic nitrogens is 3. The Balaban J connectivity index is 0.00000392. The Kier molecular flexibility index (Phi) is 11.5. The fourth-order valence-electron chi connectivity index (χ4n) is 2.60. The van der Waals surface area contributed by atoms with Gasteiger partial charge in [-0.3, -0.25) is 0 Å². The van der Waals surface area contributed by atoms with Crippen molar-refractivity contribution < 1.29 is 4.74 Å². The van der Waals surface area contributed by atoms with E-state index < -0.39 is 0 Å². The van der Waals surface area contributed by atoms with E-state index in [-0.39, 0.29) is 24.0 Å². The molecule has 0 saturated carbocycles. The average molecular weight is 500 g/mol.